The van der Waals surface area contributed by atoms with E-state index in [0.717, 1.165) is 6.54 Å². The van der Waals surface area contributed by atoms with Crippen LogP contribution in [0.2, 0.25) is 0 Å². The number of fused-ring (bicyclic) bond motifs is 1. The lowest BCUT2D eigenvalue weighted by atomic mass is 10.7. The van der Waals surface area contributed by atoms with Gasteiger partial charge in [0.1, 0.15) is 6.26 Å². The van der Waals surface area contributed by atoms with Crippen molar-refractivity contribution in [2.75, 3.05) is 6.54 Å². The van der Waals surface area contributed by atoms with Crippen molar-refractivity contribution in [1.29, 1.82) is 0 Å². The molecule has 1 saturated heterocycles. The molecule has 0 amide bonds. The Morgan fingerprint density at radius 1 is 1.75 bits per heavy atom. The van der Waals surface area contributed by atoms with Crippen LogP contribution in [-0.4, -0.2) is 11.6 Å². The summed E-state index contributed by atoms with van der Waals surface area (Å²) in [5, 5.41) is 1.92. The fourth-order valence-corrected chi connectivity index (χ4v) is 0.476. The van der Waals surface area contributed by atoms with Gasteiger partial charge in [0, 0.05) is 0 Å². The minimum absolute atomic E-state index is 0. The van der Waals surface area contributed by atoms with E-state index in [9.17, 15) is 0 Å². The van der Waals surface area contributed by atoms with Crippen molar-refractivity contribution >= 4 is 12.4 Å². The molecule has 5 heteroatoms. The van der Waals surface area contributed by atoms with Gasteiger partial charge >= 0.3 is 0 Å². The molecule has 4 N–H and O–H groups in total. The quantitative estimate of drug-likeness (QED) is 0.468. The molecule has 0 aromatic carbocycles. The summed E-state index contributed by atoms with van der Waals surface area (Å²) in [5.74, 6) is 0. The fraction of sp³-hybridized carbons (Fsp3) is 0.333. The van der Waals surface area contributed by atoms with Crippen LogP contribution in [0, 0.1) is 0 Å². The van der Waals surface area contributed by atoms with Crippen molar-refractivity contribution in [1.82, 2.24) is 16.7 Å². The number of rotatable bonds is 0. The first-order chi connectivity index (χ1) is 2.97. The van der Waals surface area contributed by atoms with Gasteiger partial charge in [-0.05, 0) is 0 Å². The lowest BCUT2D eigenvalue weighted by Crippen LogP contribution is -2.13. The van der Waals surface area contributed by atoms with Gasteiger partial charge in [0.2, 0.25) is 0 Å². The summed E-state index contributed by atoms with van der Waals surface area (Å²) < 4.78 is 0. The van der Waals surface area contributed by atoms with Crippen molar-refractivity contribution < 1.29 is 4.84 Å². The smallest absolute Gasteiger partial charge is 0.136 e. The Hall–Kier alpha value is -0.450. The number of nitrogens with zero attached hydrogens (tertiary/aromatic N) is 1. The van der Waals surface area contributed by atoms with Crippen LogP contribution in [0.3, 0.4) is 0 Å². The monoisotopic (exact) mass is 137 g/mol. The predicted octanol–water partition coefficient (Wildman–Crippen LogP) is 0.177. The van der Waals surface area contributed by atoms with Crippen molar-refractivity contribution in [3.63, 3.8) is 0 Å². The zero-order valence-corrected chi connectivity index (χ0v) is 5.07. The summed E-state index contributed by atoms with van der Waals surface area (Å²) in [4.78, 5) is 4.62. The topological polar surface area (TPSA) is 59.3 Å². The van der Waals surface area contributed by atoms with Crippen molar-refractivity contribution in [2.45, 2.75) is 0 Å². The van der Waals surface area contributed by atoms with E-state index in [1.807, 2.05) is 5.01 Å². The van der Waals surface area contributed by atoms with Crippen LogP contribution in [0.15, 0.2) is 12.0 Å². The van der Waals surface area contributed by atoms with E-state index in [0.29, 0.717) is 0 Å². The average molecular weight is 138 g/mol. The van der Waals surface area contributed by atoms with Gasteiger partial charge in [-0.3, -0.25) is 5.01 Å². The van der Waals surface area contributed by atoms with Gasteiger partial charge in [0.15, 0.2) is 0 Å². The third kappa shape index (κ3) is 0.861. The second-order valence-corrected chi connectivity index (χ2v) is 1.40. The van der Waals surface area contributed by atoms with E-state index in [4.69, 9.17) is 0 Å². The highest BCUT2D eigenvalue weighted by atomic mass is 35.5. The minimum atomic E-state index is 0. The maximum atomic E-state index is 4.62. The van der Waals surface area contributed by atoms with Gasteiger partial charge in [0.05, 0.1) is 12.2 Å². The lowest BCUT2D eigenvalue weighted by Gasteiger charge is -1.92. The van der Waals surface area contributed by atoms with E-state index >= 15 is 0 Å². The summed E-state index contributed by atoms with van der Waals surface area (Å²) in [6.45, 7) is 1.04. The highest BCUT2D eigenvalue weighted by Gasteiger charge is 2.30. The molecular formula is C3H8ClN3O. The van der Waals surface area contributed by atoms with E-state index in [2.05, 4.69) is 10.4 Å². The molecule has 1 fully saturated rings. The van der Waals surface area contributed by atoms with Gasteiger partial charge in [0.25, 0.3) is 0 Å². The number of nitrogens with one attached hydrogen (secondary N) is 1. The molecule has 2 aliphatic rings. The molecule has 2 heterocycles. The van der Waals surface area contributed by atoms with Crippen LogP contribution in [0.25, 0.3) is 0 Å². The molecule has 0 unspecified atom stereocenters. The molecule has 48 valence electrons. The van der Waals surface area contributed by atoms with Crippen LogP contribution >= 0.6 is 12.4 Å². The highest BCUT2D eigenvalue weighted by molar-refractivity contribution is 5.85. The highest BCUT2D eigenvalue weighted by Crippen LogP contribution is 2.21. The van der Waals surface area contributed by atoms with Gasteiger partial charge < -0.3 is 11.0 Å². The van der Waals surface area contributed by atoms with E-state index < -0.39 is 0 Å². The van der Waals surface area contributed by atoms with Crippen LogP contribution in [-0.2, 0) is 4.84 Å². The molecule has 0 bridgehead atoms. The maximum Gasteiger partial charge on any atom is 0.136 e. The van der Waals surface area contributed by atoms with Gasteiger partial charge in [-0.2, -0.15) is 0 Å². The summed E-state index contributed by atoms with van der Waals surface area (Å²) in [5.41, 5.74) is 3.88. The molecule has 0 radical (unpaired) electrons. The lowest BCUT2D eigenvalue weighted by molar-refractivity contribution is 0.0695. The standard InChI is InChI=1S/C3H4N2O.ClH.H3N/c1-3-2-6-4-5(1)3;;/h2,4H,1H2;1H;1H3. The molecule has 0 atom stereocenters. The zero-order valence-electron chi connectivity index (χ0n) is 4.26. The molecule has 0 saturated carbocycles. The Kier molecular flexibility index (Phi) is 2.09. The van der Waals surface area contributed by atoms with Crippen LogP contribution < -0.4 is 11.7 Å². The second-order valence-electron chi connectivity index (χ2n) is 1.40. The Morgan fingerprint density at radius 3 is 2.62 bits per heavy atom. The molecule has 0 aromatic rings. The Bertz CT molecular complexity index is 115. The average Bonchev–Trinajstić information content (AvgIpc) is 2.17. The Labute approximate surface area is 53.4 Å². The second kappa shape index (κ2) is 2.21. The molecule has 4 nitrogen and oxygen atoms in total. The van der Waals surface area contributed by atoms with Crippen LogP contribution in [0.1, 0.15) is 0 Å². The number of hydrazine groups is 1. The first-order valence-corrected chi connectivity index (χ1v) is 1.85. The molecule has 0 aromatic heterocycles. The van der Waals surface area contributed by atoms with Gasteiger partial charge in [-0.25, -0.2) is 0 Å². The van der Waals surface area contributed by atoms with E-state index in [1.54, 1.807) is 6.26 Å². The molecule has 8 heavy (non-hydrogen) atoms. The first-order valence-electron chi connectivity index (χ1n) is 1.85. The summed E-state index contributed by atoms with van der Waals surface area (Å²) >= 11 is 0. The molecular weight excluding hydrogens is 130 g/mol. The van der Waals surface area contributed by atoms with Crippen molar-refractivity contribution in [3.05, 3.63) is 12.0 Å². The minimum Gasteiger partial charge on any atom is -0.395 e. The summed E-state index contributed by atoms with van der Waals surface area (Å²) in [6.07, 6.45) is 1.71. The number of halogens is 1. The normalized spacial score (nSPS) is 19.0. The number of hydrogen-bond donors (Lipinski definition) is 2. The fourth-order valence-electron chi connectivity index (χ4n) is 0.476. The third-order valence-electron chi connectivity index (χ3n) is 0.921. The van der Waals surface area contributed by atoms with Gasteiger partial charge in [-0.1, -0.05) is 5.59 Å². The first kappa shape index (κ1) is 7.55. The Morgan fingerprint density at radius 2 is 2.50 bits per heavy atom. The maximum absolute atomic E-state index is 4.62. The van der Waals surface area contributed by atoms with Gasteiger partial charge in [-0.15, -0.1) is 12.4 Å². The SMILES string of the molecule is C1=C2CN2NO1.Cl.N. The third-order valence-corrected chi connectivity index (χ3v) is 0.921. The largest absolute Gasteiger partial charge is 0.395 e. The zero-order chi connectivity index (χ0) is 3.98. The van der Waals surface area contributed by atoms with E-state index in [-0.39, 0.29) is 18.6 Å². The van der Waals surface area contributed by atoms with Crippen molar-refractivity contribution in [3.8, 4) is 0 Å². The summed E-state index contributed by atoms with van der Waals surface area (Å²) in [7, 11) is 0. The molecule has 0 aliphatic carbocycles. The predicted molar refractivity (Wildman–Crippen MR) is 31.3 cm³/mol. The summed E-state index contributed by atoms with van der Waals surface area (Å²) in [6, 6.07) is 0. The Balaban J connectivity index is 0.000000245. The number of hydrogen-bond acceptors (Lipinski definition) is 4. The molecule has 0 spiro atoms. The molecule has 2 rings (SSSR count). The molecule has 2 aliphatic heterocycles. The van der Waals surface area contributed by atoms with E-state index in [1.165, 1.54) is 5.70 Å². The van der Waals surface area contributed by atoms with Crippen molar-refractivity contribution in [2.24, 2.45) is 0 Å². The van der Waals surface area contributed by atoms with Crippen LogP contribution in [0.4, 0.5) is 0 Å². The van der Waals surface area contributed by atoms with Crippen LogP contribution in [0.5, 0.6) is 0 Å².